The van der Waals surface area contributed by atoms with Crippen molar-refractivity contribution < 1.29 is 28.5 Å². The van der Waals surface area contributed by atoms with E-state index in [-0.39, 0.29) is 25.4 Å². The standard InChI is InChI=1S/C25H30O6/c1-6-18(30-23(26)8-3)15-28-22-12-10-11-21-20(22)14-13-17(5)25(21)29-16-19(7-2)31-24(27)9-4/h8-14,18-19H,3-4,6-7,15-16H2,1-2,5H3. The quantitative estimate of drug-likeness (QED) is 0.354. The first-order valence-electron chi connectivity index (χ1n) is 10.4. The van der Waals surface area contributed by atoms with Crippen LogP contribution in [0, 0.1) is 6.92 Å². The van der Waals surface area contributed by atoms with Crippen molar-refractivity contribution >= 4 is 22.7 Å². The van der Waals surface area contributed by atoms with Crippen molar-refractivity contribution in [3.63, 3.8) is 0 Å². The summed E-state index contributed by atoms with van der Waals surface area (Å²) >= 11 is 0. The molecule has 0 spiro atoms. The van der Waals surface area contributed by atoms with Crippen molar-refractivity contribution in [1.82, 2.24) is 0 Å². The van der Waals surface area contributed by atoms with E-state index in [1.54, 1.807) is 0 Å². The molecule has 0 saturated carbocycles. The molecule has 0 aliphatic heterocycles. The second-order valence-electron chi connectivity index (χ2n) is 7.03. The van der Waals surface area contributed by atoms with Crippen LogP contribution < -0.4 is 9.47 Å². The molecule has 0 aliphatic rings. The molecular formula is C25H30O6. The second-order valence-corrected chi connectivity index (χ2v) is 7.03. The second kappa shape index (κ2) is 11.8. The first-order chi connectivity index (χ1) is 14.9. The van der Waals surface area contributed by atoms with Crippen molar-refractivity contribution in [2.75, 3.05) is 13.2 Å². The molecule has 0 aliphatic carbocycles. The van der Waals surface area contributed by atoms with E-state index in [2.05, 4.69) is 13.2 Å². The molecule has 0 N–H and O–H groups in total. The Morgan fingerprint density at radius 1 is 0.871 bits per heavy atom. The van der Waals surface area contributed by atoms with Gasteiger partial charge in [0.15, 0.2) is 0 Å². The van der Waals surface area contributed by atoms with Crippen LogP contribution in [0.2, 0.25) is 0 Å². The average molecular weight is 427 g/mol. The lowest BCUT2D eigenvalue weighted by atomic mass is 10.0. The Hall–Kier alpha value is -3.28. The molecule has 0 heterocycles. The Bertz CT molecular complexity index is 933. The summed E-state index contributed by atoms with van der Waals surface area (Å²) in [6, 6.07) is 9.63. The summed E-state index contributed by atoms with van der Waals surface area (Å²) in [6.07, 6.45) is 2.80. The molecule has 6 heteroatoms. The van der Waals surface area contributed by atoms with Gasteiger partial charge >= 0.3 is 11.9 Å². The van der Waals surface area contributed by atoms with E-state index < -0.39 is 11.9 Å². The zero-order valence-electron chi connectivity index (χ0n) is 18.4. The van der Waals surface area contributed by atoms with E-state index in [9.17, 15) is 9.59 Å². The highest BCUT2D eigenvalue weighted by molar-refractivity contribution is 5.94. The number of carbonyl (C=O) groups excluding carboxylic acids is 2. The molecule has 0 bridgehead atoms. The minimum Gasteiger partial charge on any atom is -0.489 e. The van der Waals surface area contributed by atoms with Crippen molar-refractivity contribution in [3.8, 4) is 11.5 Å². The molecule has 166 valence electrons. The predicted octanol–water partition coefficient (Wildman–Crippen LogP) is 4.92. The molecule has 0 aromatic heterocycles. The van der Waals surface area contributed by atoms with Crippen LogP contribution >= 0.6 is 0 Å². The van der Waals surface area contributed by atoms with Gasteiger partial charge in [-0.15, -0.1) is 0 Å². The van der Waals surface area contributed by atoms with Crippen molar-refractivity contribution in [2.45, 2.75) is 45.8 Å². The Labute approximate surface area is 183 Å². The Balaban J connectivity index is 2.21. The topological polar surface area (TPSA) is 71.1 Å². The maximum atomic E-state index is 11.5. The highest BCUT2D eigenvalue weighted by Gasteiger charge is 2.16. The van der Waals surface area contributed by atoms with E-state index in [0.29, 0.717) is 24.3 Å². The molecule has 0 saturated heterocycles. The van der Waals surface area contributed by atoms with Gasteiger partial charge in [0.05, 0.1) is 0 Å². The van der Waals surface area contributed by atoms with Crippen LogP contribution in [0.3, 0.4) is 0 Å². The lowest BCUT2D eigenvalue weighted by Gasteiger charge is -2.20. The summed E-state index contributed by atoms with van der Waals surface area (Å²) < 4.78 is 22.6. The summed E-state index contributed by atoms with van der Waals surface area (Å²) in [6.45, 7) is 13.1. The Kier molecular flexibility index (Phi) is 9.13. The van der Waals surface area contributed by atoms with Crippen molar-refractivity contribution in [2.24, 2.45) is 0 Å². The fourth-order valence-corrected chi connectivity index (χ4v) is 2.98. The Morgan fingerprint density at radius 2 is 1.45 bits per heavy atom. The fraction of sp³-hybridized carbons (Fsp3) is 0.360. The molecule has 0 fully saturated rings. The fourth-order valence-electron chi connectivity index (χ4n) is 2.98. The third-order valence-electron chi connectivity index (χ3n) is 4.82. The van der Waals surface area contributed by atoms with Crippen LogP contribution in [-0.4, -0.2) is 37.4 Å². The molecule has 6 nitrogen and oxygen atoms in total. The largest absolute Gasteiger partial charge is 0.489 e. The molecular weight excluding hydrogens is 396 g/mol. The first kappa shape index (κ1) is 24.0. The van der Waals surface area contributed by atoms with Gasteiger partial charge in [0, 0.05) is 22.9 Å². The summed E-state index contributed by atoms with van der Waals surface area (Å²) in [7, 11) is 0. The number of aryl methyl sites for hydroxylation is 1. The van der Waals surface area contributed by atoms with Crippen LogP contribution in [0.5, 0.6) is 11.5 Å². The number of fused-ring (bicyclic) bond motifs is 1. The first-order valence-corrected chi connectivity index (χ1v) is 10.4. The number of hydrogen-bond donors (Lipinski definition) is 0. The third kappa shape index (κ3) is 6.60. The van der Waals surface area contributed by atoms with E-state index in [1.807, 2.05) is 51.1 Å². The summed E-state index contributed by atoms with van der Waals surface area (Å²) in [5.41, 5.74) is 0.959. The van der Waals surface area contributed by atoms with Crippen LogP contribution in [0.1, 0.15) is 32.3 Å². The van der Waals surface area contributed by atoms with Gasteiger partial charge in [-0.1, -0.05) is 51.3 Å². The highest BCUT2D eigenvalue weighted by atomic mass is 16.6. The van der Waals surface area contributed by atoms with Gasteiger partial charge in [-0.05, 0) is 31.4 Å². The van der Waals surface area contributed by atoms with E-state index in [4.69, 9.17) is 18.9 Å². The van der Waals surface area contributed by atoms with Gasteiger partial charge in [0.25, 0.3) is 0 Å². The zero-order valence-corrected chi connectivity index (χ0v) is 18.4. The molecule has 0 amide bonds. The maximum Gasteiger partial charge on any atom is 0.330 e. The maximum absolute atomic E-state index is 11.5. The number of ether oxygens (including phenoxy) is 4. The Morgan fingerprint density at radius 3 is 2.00 bits per heavy atom. The van der Waals surface area contributed by atoms with Crippen LogP contribution in [0.25, 0.3) is 10.8 Å². The van der Waals surface area contributed by atoms with Gasteiger partial charge in [0.1, 0.15) is 36.9 Å². The highest BCUT2D eigenvalue weighted by Crippen LogP contribution is 2.35. The van der Waals surface area contributed by atoms with Crippen LogP contribution in [-0.2, 0) is 19.1 Å². The summed E-state index contributed by atoms with van der Waals surface area (Å²) in [4.78, 5) is 23.0. The monoisotopic (exact) mass is 426 g/mol. The molecule has 2 aromatic carbocycles. The minimum absolute atomic E-state index is 0.231. The molecule has 2 rings (SSSR count). The molecule has 31 heavy (non-hydrogen) atoms. The van der Waals surface area contributed by atoms with Gasteiger partial charge in [-0.2, -0.15) is 0 Å². The average Bonchev–Trinajstić information content (AvgIpc) is 2.79. The smallest absolute Gasteiger partial charge is 0.330 e. The lowest BCUT2D eigenvalue weighted by molar-refractivity contribution is -0.145. The predicted molar refractivity (Wildman–Crippen MR) is 120 cm³/mol. The summed E-state index contributed by atoms with van der Waals surface area (Å²) in [5.74, 6) is 0.437. The van der Waals surface area contributed by atoms with E-state index in [0.717, 1.165) is 28.5 Å². The van der Waals surface area contributed by atoms with E-state index in [1.165, 1.54) is 0 Å². The molecule has 0 radical (unpaired) electrons. The molecule has 2 atom stereocenters. The van der Waals surface area contributed by atoms with Crippen LogP contribution in [0.15, 0.2) is 55.6 Å². The minimum atomic E-state index is -0.470. The number of hydrogen-bond acceptors (Lipinski definition) is 6. The van der Waals surface area contributed by atoms with Gasteiger partial charge in [0.2, 0.25) is 0 Å². The molecule has 2 unspecified atom stereocenters. The summed E-state index contributed by atoms with van der Waals surface area (Å²) in [5, 5.41) is 1.77. The number of carbonyl (C=O) groups is 2. The van der Waals surface area contributed by atoms with Gasteiger partial charge in [-0.3, -0.25) is 0 Å². The van der Waals surface area contributed by atoms with Crippen molar-refractivity contribution in [1.29, 1.82) is 0 Å². The van der Waals surface area contributed by atoms with Crippen molar-refractivity contribution in [3.05, 3.63) is 61.2 Å². The third-order valence-corrected chi connectivity index (χ3v) is 4.82. The van der Waals surface area contributed by atoms with Gasteiger partial charge < -0.3 is 18.9 Å². The number of esters is 2. The van der Waals surface area contributed by atoms with Gasteiger partial charge in [-0.25, -0.2) is 9.59 Å². The number of rotatable bonds is 12. The lowest BCUT2D eigenvalue weighted by Crippen LogP contribution is -2.24. The zero-order chi connectivity index (χ0) is 22.8. The van der Waals surface area contributed by atoms with E-state index >= 15 is 0 Å². The number of benzene rings is 2. The van der Waals surface area contributed by atoms with Crippen LogP contribution in [0.4, 0.5) is 0 Å². The SMILES string of the molecule is C=CC(=O)OC(CC)COc1cccc2c(OCC(CC)OC(=O)C=C)c(C)ccc12. The molecule has 2 aromatic rings. The normalized spacial score (nSPS) is 12.5.